The largest absolute Gasteiger partial charge is 0.352 e. The molecule has 7 heteroatoms. The summed E-state index contributed by atoms with van der Waals surface area (Å²) in [6, 6.07) is 11.4. The van der Waals surface area contributed by atoms with Crippen LogP contribution in [-0.4, -0.2) is 34.6 Å². The average Bonchev–Trinajstić information content (AvgIpc) is 2.80. The van der Waals surface area contributed by atoms with Crippen LogP contribution < -0.4 is 5.32 Å². The summed E-state index contributed by atoms with van der Waals surface area (Å²) in [5, 5.41) is 4.21. The molecule has 0 spiro atoms. The van der Waals surface area contributed by atoms with Crippen LogP contribution in [0.15, 0.2) is 36.4 Å². The van der Waals surface area contributed by atoms with Gasteiger partial charge in [0.15, 0.2) is 0 Å². The number of benzene rings is 2. The lowest BCUT2D eigenvalue weighted by atomic mass is 9.95. The summed E-state index contributed by atoms with van der Waals surface area (Å²) in [6.45, 7) is 6.32. The first-order chi connectivity index (χ1) is 16.8. The first-order valence-corrected chi connectivity index (χ1v) is 14.4. The van der Waals surface area contributed by atoms with Gasteiger partial charge in [0.2, 0.25) is 11.8 Å². The number of nitrogens with zero attached hydrogens (tertiary/aromatic N) is 1. The number of aryl methyl sites for hydroxylation is 2. The Bertz CT molecular complexity index is 984. The van der Waals surface area contributed by atoms with Crippen LogP contribution in [-0.2, 0) is 21.9 Å². The molecule has 1 fully saturated rings. The molecule has 1 atom stereocenters. The molecule has 1 N–H and O–H groups in total. The molecule has 2 aromatic carbocycles. The smallest absolute Gasteiger partial charge is 0.243 e. The lowest BCUT2D eigenvalue weighted by Crippen LogP contribution is -2.52. The molecule has 1 saturated carbocycles. The fourth-order valence-corrected chi connectivity index (χ4v) is 6.17. The summed E-state index contributed by atoms with van der Waals surface area (Å²) in [5.74, 6) is 0.846. The van der Waals surface area contributed by atoms with Gasteiger partial charge in [0, 0.05) is 33.9 Å². The van der Waals surface area contributed by atoms with Crippen LogP contribution in [0.3, 0.4) is 0 Å². The van der Waals surface area contributed by atoms with Gasteiger partial charge in [-0.3, -0.25) is 9.59 Å². The van der Waals surface area contributed by atoms with E-state index in [1.54, 1.807) is 34.9 Å². The second kappa shape index (κ2) is 13.6. The van der Waals surface area contributed by atoms with Crippen molar-refractivity contribution in [3.63, 3.8) is 0 Å². The number of thioether (sulfide) groups is 1. The quantitative estimate of drug-likeness (QED) is 0.353. The summed E-state index contributed by atoms with van der Waals surface area (Å²) in [7, 11) is 0. The van der Waals surface area contributed by atoms with E-state index >= 15 is 0 Å². The zero-order valence-corrected chi connectivity index (χ0v) is 23.2. The Labute approximate surface area is 224 Å². The van der Waals surface area contributed by atoms with Crippen molar-refractivity contribution < 1.29 is 9.59 Å². The third-order valence-corrected chi connectivity index (χ3v) is 8.20. The Morgan fingerprint density at radius 1 is 1.06 bits per heavy atom. The molecule has 2 amide bonds. The van der Waals surface area contributed by atoms with E-state index in [9.17, 15) is 9.59 Å². The van der Waals surface area contributed by atoms with Gasteiger partial charge in [-0.25, -0.2) is 0 Å². The maximum atomic E-state index is 13.5. The van der Waals surface area contributed by atoms with Crippen molar-refractivity contribution in [2.75, 3.05) is 5.75 Å². The van der Waals surface area contributed by atoms with Crippen LogP contribution >= 0.6 is 35.0 Å². The van der Waals surface area contributed by atoms with Crippen molar-refractivity contribution in [3.05, 3.63) is 68.7 Å². The number of rotatable bonds is 10. The minimum atomic E-state index is -0.571. The Morgan fingerprint density at radius 2 is 1.69 bits per heavy atom. The molecule has 0 bridgehead atoms. The van der Waals surface area contributed by atoms with E-state index in [4.69, 9.17) is 23.2 Å². The molecule has 1 aliphatic carbocycles. The molecule has 0 aliphatic heterocycles. The molecule has 0 heterocycles. The molecule has 35 heavy (non-hydrogen) atoms. The SMILES string of the molecule is CCC(C(=O)NC1CCCCC1)N(Cc1c(Cl)cccc1Cl)C(=O)CSCc1cc(C)cc(C)c1. The van der Waals surface area contributed by atoms with E-state index in [-0.39, 0.29) is 30.2 Å². The van der Waals surface area contributed by atoms with Crippen LogP contribution in [0.2, 0.25) is 10.0 Å². The lowest BCUT2D eigenvalue weighted by Gasteiger charge is -2.33. The Morgan fingerprint density at radius 3 is 2.29 bits per heavy atom. The summed E-state index contributed by atoms with van der Waals surface area (Å²) in [5.41, 5.74) is 4.30. The standard InChI is InChI=1S/C28H36Cl2N2O2S/c1-4-26(28(34)31-22-9-6-5-7-10-22)32(16-23-24(29)11-8-12-25(23)30)27(33)18-35-17-21-14-19(2)13-20(3)15-21/h8,11-15,22,26H,4-7,9-10,16-18H2,1-3H3,(H,31,34). The van der Waals surface area contributed by atoms with Crippen molar-refractivity contribution in [1.29, 1.82) is 0 Å². The molecule has 0 saturated heterocycles. The van der Waals surface area contributed by atoms with Gasteiger partial charge in [0.1, 0.15) is 6.04 Å². The first kappa shape index (κ1) is 27.9. The fourth-order valence-electron chi connectivity index (χ4n) is 4.81. The first-order valence-electron chi connectivity index (χ1n) is 12.5. The summed E-state index contributed by atoms with van der Waals surface area (Å²) in [6.07, 6.45) is 6.00. The average molecular weight is 536 g/mol. The van der Waals surface area contributed by atoms with Crippen molar-refractivity contribution >= 4 is 46.8 Å². The topological polar surface area (TPSA) is 49.4 Å². The molecular formula is C28H36Cl2N2O2S. The molecule has 4 nitrogen and oxygen atoms in total. The van der Waals surface area contributed by atoms with Crippen LogP contribution in [0.1, 0.15) is 67.7 Å². The van der Waals surface area contributed by atoms with Gasteiger partial charge in [0.25, 0.3) is 0 Å². The second-order valence-corrected chi connectivity index (χ2v) is 11.3. The van der Waals surface area contributed by atoms with Crippen molar-refractivity contribution in [2.45, 2.75) is 83.7 Å². The summed E-state index contributed by atoms with van der Waals surface area (Å²) < 4.78 is 0. The number of halogens is 2. The monoisotopic (exact) mass is 534 g/mol. The van der Waals surface area contributed by atoms with Crippen LogP contribution in [0.5, 0.6) is 0 Å². The minimum absolute atomic E-state index is 0.0824. The number of nitrogens with one attached hydrogen (secondary N) is 1. The molecule has 3 rings (SSSR count). The minimum Gasteiger partial charge on any atom is -0.352 e. The van der Waals surface area contributed by atoms with E-state index in [1.165, 1.54) is 23.1 Å². The van der Waals surface area contributed by atoms with Crippen LogP contribution in [0.25, 0.3) is 0 Å². The summed E-state index contributed by atoms with van der Waals surface area (Å²) in [4.78, 5) is 28.5. The highest BCUT2D eigenvalue weighted by Crippen LogP contribution is 2.28. The van der Waals surface area contributed by atoms with Gasteiger partial charge in [-0.05, 0) is 50.8 Å². The summed E-state index contributed by atoms with van der Waals surface area (Å²) >= 11 is 14.5. The molecule has 0 radical (unpaired) electrons. The Kier molecular flexibility index (Phi) is 10.8. The Balaban J connectivity index is 1.76. The molecule has 0 aromatic heterocycles. The fraction of sp³-hybridized carbons (Fsp3) is 0.500. The van der Waals surface area contributed by atoms with Crippen molar-refractivity contribution in [3.8, 4) is 0 Å². The van der Waals surface area contributed by atoms with Gasteiger partial charge >= 0.3 is 0 Å². The van der Waals surface area contributed by atoms with Gasteiger partial charge in [-0.2, -0.15) is 0 Å². The van der Waals surface area contributed by atoms with Gasteiger partial charge < -0.3 is 10.2 Å². The highest BCUT2D eigenvalue weighted by atomic mass is 35.5. The predicted octanol–water partition coefficient (Wildman–Crippen LogP) is 7.10. The zero-order valence-electron chi connectivity index (χ0n) is 20.9. The number of hydrogen-bond donors (Lipinski definition) is 1. The molecular weight excluding hydrogens is 499 g/mol. The lowest BCUT2D eigenvalue weighted by molar-refractivity contribution is -0.139. The van der Waals surface area contributed by atoms with E-state index in [0.717, 1.165) is 31.4 Å². The van der Waals surface area contributed by atoms with E-state index < -0.39 is 6.04 Å². The third kappa shape index (κ3) is 8.16. The van der Waals surface area contributed by atoms with E-state index in [2.05, 4.69) is 37.4 Å². The van der Waals surface area contributed by atoms with Crippen molar-refractivity contribution in [2.24, 2.45) is 0 Å². The zero-order chi connectivity index (χ0) is 25.4. The number of carbonyl (C=O) groups is 2. The van der Waals surface area contributed by atoms with Crippen LogP contribution in [0, 0.1) is 13.8 Å². The highest BCUT2D eigenvalue weighted by molar-refractivity contribution is 7.99. The second-order valence-electron chi connectivity index (χ2n) is 9.48. The van der Waals surface area contributed by atoms with E-state index in [1.807, 2.05) is 6.92 Å². The molecule has 1 unspecified atom stereocenters. The number of carbonyl (C=O) groups excluding carboxylic acids is 2. The van der Waals surface area contributed by atoms with Crippen molar-refractivity contribution in [1.82, 2.24) is 10.2 Å². The van der Waals surface area contributed by atoms with Gasteiger partial charge in [-0.15, -0.1) is 11.8 Å². The molecule has 190 valence electrons. The maximum Gasteiger partial charge on any atom is 0.243 e. The molecule has 2 aromatic rings. The van der Waals surface area contributed by atoms with Crippen LogP contribution in [0.4, 0.5) is 0 Å². The number of amides is 2. The Hall–Kier alpha value is -1.69. The highest BCUT2D eigenvalue weighted by Gasteiger charge is 2.31. The number of hydrogen-bond acceptors (Lipinski definition) is 3. The maximum absolute atomic E-state index is 13.5. The van der Waals surface area contributed by atoms with E-state index in [0.29, 0.717) is 22.0 Å². The van der Waals surface area contributed by atoms with Gasteiger partial charge in [-0.1, -0.05) is 84.8 Å². The van der Waals surface area contributed by atoms with Gasteiger partial charge in [0.05, 0.1) is 5.75 Å². The molecule has 1 aliphatic rings. The normalized spacial score (nSPS) is 15.0. The third-order valence-electron chi connectivity index (χ3n) is 6.50. The predicted molar refractivity (Wildman–Crippen MR) is 148 cm³/mol.